The zero-order chi connectivity index (χ0) is 10.8. The van der Waals surface area contributed by atoms with Gasteiger partial charge < -0.3 is 5.73 Å². The second kappa shape index (κ2) is 4.53. The number of likely N-dealkylation sites (tertiary alicyclic amines) is 1. The van der Waals surface area contributed by atoms with E-state index in [0.717, 1.165) is 19.5 Å². The van der Waals surface area contributed by atoms with Crippen LogP contribution in [0.2, 0.25) is 0 Å². The minimum Gasteiger partial charge on any atom is -0.325 e. The van der Waals surface area contributed by atoms with E-state index in [-0.39, 0.29) is 6.54 Å². The Morgan fingerprint density at radius 2 is 2.00 bits per heavy atom. The van der Waals surface area contributed by atoms with Crippen LogP contribution in [-0.4, -0.2) is 37.0 Å². The van der Waals surface area contributed by atoms with Crippen LogP contribution in [0.15, 0.2) is 0 Å². The topological polar surface area (TPSA) is 29.3 Å². The molecule has 0 aromatic rings. The van der Waals surface area contributed by atoms with Crippen LogP contribution in [0.25, 0.3) is 0 Å². The molecule has 2 nitrogen and oxygen atoms in total. The normalized spacial score (nSPS) is 30.6. The van der Waals surface area contributed by atoms with Crippen molar-refractivity contribution in [2.24, 2.45) is 17.6 Å². The molecule has 0 radical (unpaired) electrons. The van der Waals surface area contributed by atoms with Gasteiger partial charge in [-0.25, -0.2) is 8.78 Å². The van der Waals surface area contributed by atoms with E-state index in [1.165, 1.54) is 0 Å². The molecule has 14 heavy (non-hydrogen) atoms. The highest BCUT2D eigenvalue weighted by atomic mass is 19.3. The first-order valence-corrected chi connectivity index (χ1v) is 5.25. The number of nitrogens with zero attached hydrogens (tertiary/aromatic N) is 1. The number of halogens is 2. The molecule has 1 saturated heterocycles. The van der Waals surface area contributed by atoms with Gasteiger partial charge in [-0.2, -0.15) is 0 Å². The fourth-order valence-electron chi connectivity index (χ4n) is 1.88. The van der Waals surface area contributed by atoms with Crippen LogP contribution in [0, 0.1) is 11.8 Å². The van der Waals surface area contributed by atoms with Gasteiger partial charge in [-0.3, -0.25) is 4.90 Å². The van der Waals surface area contributed by atoms with Crippen molar-refractivity contribution in [2.75, 3.05) is 26.2 Å². The highest BCUT2D eigenvalue weighted by Crippen LogP contribution is 2.24. The molecule has 1 aliphatic heterocycles. The van der Waals surface area contributed by atoms with E-state index < -0.39 is 12.5 Å². The van der Waals surface area contributed by atoms with Gasteiger partial charge in [-0.1, -0.05) is 13.8 Å². The second-order valence-corrected chi connectivity index (χ2v) is 4.54. The Morgan fingerprint density at radius 1 is 1.36 bits per heavy atom. The Bertz CT molecular complexity index is 185. The van der Waals surface area contributed by atoms with Crippen LogP contribution >= 0.6 is 0 Å². The molecule has 2 N–H and O–H groups in total. The van der Waals surface area contributed by atoms with Crippen molar-refractivity contribution in [1.29, 1.82) is 0 Å². The third-order valence-corrected chi connectivity index (χ3v) is 3.17. The first kappa shape index (κ1) is 11.9. The number of alkyl halides is 2. The zero-order valence-electron chi connectivity index (χ0n) is 8.97. The zero-order valence-corrected chi connectivity index (χ0v) is 8.97. The molecule has 0 aliphatic carbocycles. The molecule has 0 spiro atoms. The third kappa shape index (κ3) is 3.17. The van der Waals surface area contributed by atoms with E-state index in [4.69, 9.17) is 5.73 Å². The summed E-state index contributed by atoms with van der Waals surface area (Å²) in [7, 11) is 0. The Morgan fingerprint density at radius 3 is 2.50 bits per heavy atom. The molecular weight excluding hydrogens is 186 g/mol. The SMILES string of the molecule is CC1CCN(CC(F)(F)CN)CC1C. The summed E-state index contributed by atoms with van der Waals surface area (Å²) in [5, 5.41) is 0. The predicted octanol–water partition coefficient (Wildman–Crippen LogP) is 1.56. The van der Waals surface area contributed by atoms with Gasteiger partial charge in [0.25, 0.3) is 5.92 Å². The summed E-state index contributed by atoms with van der Waals surface area (Å²) in [4.78, 5) is 1.83. The van der Waals surface area contributed by atoms with E-state index in [2.05, 4.69) is 13.8 Å². The molecule has 0 aromatic heterocycles. The van der Waals surface area contributed by atoms with Gasteiger partial charge in [0.15, 0.2) is 0 Å². The number of hydrogen-bond donors (Lipinski definition) is 1. The molecule has 2 unspecified atom stereocenters. The lowest BCUT2D eigenvalue weighted by Crippen LogP contribution is -2.47. The molecule has 1 fully saturated rings. The largest absolute Gasteiger partial charge is 0.325 e. The fourth-order valence-corrected chi connectivity index (χ4v) is 1.88. The van der Waals surface area contributed by atoms with Gasteiger partial charge in [0.2, 0.25) is 0 Å². The van der Waals surface area contributed by atoms with Gasteiger partial charge in [0.05, 0.1) is 13.1 Å². The van der Waals surface area contributed by atoms with E-state index in [9.17, 15) is 8.78 Å². The molecule has 0 saturated carbocycles. The average Bonchev–Trinajstić information content (AvgIpc) is 2.11. The molecule has 0 aromatic carbocycles. The lowest BCUT2D eigenvalue weighted by Gasteiger charge is -2.36. The van der Waals surface area contributed by atoms with Gasteiger partial charge in [0.1, 0.15) is 0 Å². The molecule has 1 rings (SSSR count). The third-order valence-electron chi connectivity index (χ3n) is 3.17. The van der Waals surface area contributed by atoms with Crippen molar-refractivity contribution in [1.82, 2.24) is 4.90 Å². The Kier molecular flexibility index (Phi) is 3.84. The van der Waals surface area contributed by atoms with Crippen molar-refractivity contribution in [3.63, 3.8) is 0 Å². The van der Waals surface area contributed by atoms with Gasteiger partial charge in [-0.15, -0.1) is 0 Å². The molecule has 4 heteroatoms. The minimum absolute atomic E-state index is 0.180. The number of hydrogen-bond acceptors (Lipinski definition) is 2. The van der Waals surface area contributed by atoms with Crippen LogP contribution in [0.3, 0.4) is 0 Å². The van der Waals surface area contributed by atoms with Gasteiger partial charge >= 0.3 is 0 Å². The van der Waals surface area contributed by atoms with E-state index in [1.807, 2.05) is 4.90 Å². The number of nitrogens with two attached hydrogens (primary N) is 1. The maximum Gasteiger partial charge on any atom is 0.272 e. The summed E-state index contributed by atoms with van der Waals surface area (Å²) in [5.41, 5.74) is 5.01. The summed E-state index contributed by atoms with van der Waals surface area (Å²) in [6, 6.07) is 0. The molecule has 0 amide bonds. The van der Waals surface area contributed by atoms with Crippen LogP contribution in [-0.2, 0) is 0 Å². The monoisotopic (exact) mass is 206 g/mol. The highest BCUT2D eigenvalue weighted by Gasteiger charge is 2.32. The predicted molar refractivity (Wildman–Crippen MR) is 53.4 cm³/mol. The quantitative estimate of drug-likeness (QED) is 0.759. The second-order valence-electron chi connectivity index (χ2n) is 4.54. The summed E-state index contributed by atoms with van der Waals surface area (Å²) in [6.07, 6.45) is 1.02. The van der Waals surface area contributed by atoms with Crippen LogP contribution < -0.4 is 5.73 Å². The lowest BCUT2D eigenvalue weighted by atomic mass is 9.88. The highest BCUT2D eigenvalue weighted by molar-refractivity contribution is 4.80. The van der Waals surface area contributed by atoms with Crippen molar-refractivity contribution in [3.05, 3.63) is 0 Å². The molecule has 1 aliphatic rings. The minimum atomic E-state index is -2.72. The molecule has 2 atom stereocenters. The standard InChI is InChI=1S/C10H20F2N2/c1-8-3-4-14(5-9(8)2)7-10(11,12)6-13/h8-9H,3-7,13H2,1-2H3. The lowest BCUT2D eigenvalue weighted by molar-refractivity contribution is -0.0363. The van der Waals surface area contributed by atoms with Crippen LogP contribution in [0.4, 0.5) is 8.78 Å². The van der Waals surface area contributed by atoms with E-state index >= 15 is 0 Å². The number of rotatable bonds is 3. The molecular formula is C10H20F2N2. The van der Waals surface area contributed by atoms with Crippen molar-refractivity contribution in [3.8, 4) is 0 Å². The maximum atomic E-state index is 13.0. The van der Waals surface area contributed by atoms with Crippen molar-refractivity contribution < 1.29 is 8.78 Å². The molecule has 0 bridgehead atoms. The van der Waals surface area contributed by atoms with Gasteiger partial charge in [0, 0.05) is 6.54 Å². The van der Waals surface area contributed by atoms with Gasteiger partial charge in [-0.05, 0) is 24.8 Å². The summed E-state index contributed by atoms with van der Waals surface area (Å²) >= 11 is 0. The fraction of sp³-hybridized carbons (Fsp3) is 1.00. The smallest absolute Gasteiger partial charge is 0.272 e. The Hall–Kier alpha value is -0.220. The first-order chi connectivity index (χ1) is 6.44. The maximum absolute atomic E-state index is 13.0. The van der Waals surface area contributed by atoms with Crippen LogP contribution in [0.5, 0.6) is 0 Å². The van der Waals surface area contributed by atoms with Crippen molar-refractivity contribution >= 4 is 0 Å². The molecule has 1 heterocycles. The Balaban J connectivity index is 2.40. The Labute approximate surface area is 84.4 Å². The first-order valence-electron chi connectivity index (χ1n) is 5.25. The number of piperidine rings is 1. The van der Waals surface area contributed by atoms with E-state index in [1.54, 1.807) is 0 Å². The average molecular weight is 206 g/mol. The molecule has 84 valence electrons. The summed E-state index contributed by atoms with van der Waals surface area (Å²) in [5.74, 6) is -1.56. The van der Waals surface area contributed by atoms with E-state index in [0.29, 0.717) is 11.8 Å². The summed E-state index contributed by atoms with van der Waals surface area (Å²) < 4.78 is 26.0. The van der Waals surface area contributed by atoms with Crippen molar-refractivity contribution in [2.45, 2.75) is 26.2 Å². The van der Waals surface area contributed by atoms with Crippen LogP contribution in [0.1, 0.15) is 20.3 Å². The summed E-state index contributed by atoms with van der Waals surface area (Å²) in [6.45, 7) is 5.13.